The molecule has 1 aliphatic heterocycles. The SMILES string of the molecule is Cc1csc(C)c1B1O[C@@H]2C[C@H]3C[C@@H](C3(C)C)[C@]2(C)O1. The van der Waals surface area contributed by atoms with Crippen molar-refractivity contribution in [3.8, 4) is 0 Å². The van der Waals surface area contributed by atoms with Gasteiger partial charge in [-0.3, -0.25) is 0 Å². The predicted octanol–water partition coefficient (Wildman–Crippen LogP) is 3.30. The van der Waals surface area contributed by atoms with Gasteiger partial charge < -0.3 is 9.31 Å². The summed E-state index contributed by atoms with van der Waals surface area (Å²) in [5.41, 5.74) is 2.92. The molecule has 108 valence electrons. The van der Waals surface area contributed by atoms with Crippen molar-refractivity contribution >= 4 is 23.9 Å². The standard InChI is InChI=1S/C16H23BO2S/c1-9-8-20-10(2)14(9)17-18-13-7-11-6-12(15(11,3)4)16(13,5)19-17/h8,11-13H,6-7H2,1-5H3/t11-,12+,13-,16+/m1/s1. The van der Waals surface area contributed by atoms with E-state index in [1.807, 2.05) is 0 Å². The normalized spacial score (nSPS) is 41.5. The Bertz CT molecular complexity index is 547. The molecule has 2 heterocycles. The van der Waals surface area contributed by atoms with Crippen LogP contribution in [0.4, 0.5) is 0 Å². The first-order chi connectivity index (χ1) is 9.34. The summed E-state index contributed by atoms with van der Waals surface area (Å²) in [5.74, 6) is 1.46. The summed E-state index contributed by atoms with van der Waals surface area (Å²) in [6.07, 6.45) is 2.76. The molecule has 1 aromatic heterocycles. The maximum absolute atomic E-state index is 6.53. The van der Waals surface area contributed by atoms with Crippen LogP contribution < -0.4 is 5.46 Å². The van der Waals surface area contributed by atoms with Crippen molar-refractivity contribution in [3.63, 3.8) is 0 Å². The average Bonchev–Trinajstić information content (AvgIpc) is 2.87. The smallest absolute Gasteiger partial charge is 0.401 e. The van der Waals surface area contributed by atoms with E-state index in [1.165, 1.54) is 28.7 Å². The number of hydrogen-bond donors (Lipinski definition) is 0. The molecule has 0 unspecified atom stereocenters. The molecule has 0 aromatic carbocycles. The monoisotopic (exact) mass is 290 g/mol. The molecule has 4 aliphatic rings. The first-order valence-corrected chi connectivity index (χ1v) is 8.60. The van der Waals surface area contributed by atoms with E-state index in [-0.39, 0.29) is 18.8 Å². The fourth-order valence-electron chi connectivity index (χ4n) is 4.92. The molecule has 1 aromatic rings. The molecule has 0 N–H and O–H groups in total. The average molecular weight is 290 g/mol. The number of aryl methyl sites for hydroxylation is 2. The van der Waals surface area contributed by atoms with Gasteiger partial charge in [0.05, 0.1) is 11.7 Å². The Labute approximate surface area is 126 Å². The topological polar surface area (TPSA) is 18.5 Å². The molecule has 0 radical (unpaired) electrons. The molecule has 4 heteroatoms. The number of rotatable bonds is 1. The molecule has 2 nitrogen and oxygen atoms in total. The second kappa shape index (κ2) is 3.90. The van der Waals surface area contributed by atoms with Crippen molar-refractivity contribution < 1.29 is 9.31 Å². The molecule has 0 spiro atoms. The van der Waals surface area contributed by atoms with E-state index in [1.54, 1.807) is 11.3 Å². The molecule has 3 aliphatic carbocycles. The van der Waals surface area contributed by atoms with Crippen LogP contribution in [-0.2, 0) is 9.31 Å². The van der Waals surface area contributed by atoms with Crippen LogP contribution in [0.1, 0.15) is 44.1 Å². The zero-order valence-electron chi connectivity index (χ0n) is 13.0. The third-order valence-corrected chi connectivity index (χ3v) is 7.45. The van der Waals surface area contributed by atoms with E-state index in [0.29, 0.717) is 11.3 Å². The zero-order valence-corrected chi connectivity index (χ0v) is 13.8. The van der Waals surface area contributed by atoms with Gasteiger partial charge >= 0.3 is 7.12 Å². The van der Waals surface area contributed by atoms with E-state index >= 15 is 0 Å². The number of thiophene rings is 1. The fourth-order valence-corrected chi connectivity index (χ4v) is 5.79. The molecule has 1 saturated heterocycles. The molecule has 4 atom stereocenters. The maximum Gasteiger partial charge on any atom is 0.496 e. The highest BCUT2D eigenvalue weighted by Crippen LogP contribution is 2.65. The molecule has 2 bridgehead atoms. The van der Waals surface area contributed by atoms with E-state index < -0.39 is 0 Å². The summed E-state index contributed by atoms with van der Waals surface area (Å²) in [6.45, 7) is 11.4. The summed E-state index contributed by atoms with van der Waals surface area (Å²) in [7, 11) is -0.147. The van der Waals surface area contributed by atoms with Crippen molar-refractivity contribution in [2.45, 2.75) is 59.2 Å². The molecular formula is C16H23BO2S. The van der Waals surface area contributed by atoms with Crippen molar-refractivity contribution in [1.82, 2.24) is 0 Å². The lowest BCUT2D eigenvalue weighted by Crippen LogP contribution is -2.65. The Balaban J connectivity index is 1.68. The van der Waals surface area contributed by atoms with E-state index in [9.17, 15) is 0 Å². The van der Waals surface area contributed by atoms with Crippen molar-refractivity contribution in [2.75, 3.05) is 0 Å². The van der Waals surface area contributed by atoms with E-state index in [4.69, 9.17) is 9.31 Å². The first kappa shape index (κ1) is 13.4. The summed E-state index contributed by atoms with van der Waals surface area (Å²) in [6, 6.07) is 0. The first-order valence-electron chi connectivity index (χ1n) is 7.72. The summed E-state index contributed by atoms with van der Waals surface area (Å²) in [4.78, 5) is 1.33. The highest BCUT2D eigenvalue weighted by atomic mass is 32.1. The van der Waals surface area contributed by atoms with Gasteiger partial charge in [0.2, 0.25) is 0 Å². The summed E-state index contributed by atoms with van der Waals surface area (Å²) >= 11 is 1.80. The van der Waals surface area contributed by atoms with Crippen LogP contribution in [0, 0.1) is 31.1 Å². The lowest BCUT2D eigenvalue weighted by Gasteiger charge is -2.64. The van der Waals surface area contributed by atoms with Crippen molar-refractivity contribution in [3.05, 3.63) is 15.8 Å². The largest absolute Gasteiger partial charge is 0.496 e. The molecule has 5 rings (SSSR count). The highest BCUT2D eigenvalue weighted by Gasteiger charge is 2.68. The van der Waals surface area contributed by atoms with Gasteiger partial charge in [-0.05, 0) is 67.3 Å². The number of hydrogen-bond acceptors (Lipinski definition) is 3. The fraction of sp³-hybridized carbons (Fsp3) is 0.750. The predicted molar refractivity (Wildman–Crippen MR) is 83.5 cm³/mol. The minimum Gasteiger partial charge on any atom is -0.401 e. The van der Waals surface area contributed by atoms with Crippen LogP contribution >= 0.6 is 11.3 Å². The quantitative estimate of drug-likeness (QED) is 0.739. The minimum absolute atomic E-state index is 0.0935. The third-order valence-electron chi connectivity index (χ3n) is 6.40. The van der Waals surface area contributed by atoms with Gasteiger partial charge in [-0.1, -0.05) is 13.8 Å². The van der Waals surface area contributed by atoms with Crippen LogP contribution in [-0.4, -0.2) is 18.8 Å². The van der Waals surface area contributed by atoms with Gasteiger partial charge in [-0.25, -0.2) is 0 Å². The molecule has 3 saturated carbocycles. The third kappa shape index (κ3) is 1.48. The van der Waals surface area contributed by atoms with Gasteiger partial charge in [0.15, 0.2) is 0 Å². The van der Waals surface area contributed by atoms with Crippen LogP contribution in [0.5, 0.6) is 0 Å². The van der Waals surface area contributed by atoms with Gasteiger partial charge in [-0.2, -0.15) is 0 Å². The Morgan fingerprint density at radius 3 is 2.60 bits per heavy atom. The Hall–Kier alpha value is -0.315. The molecule has 4 fully saturated rings. The van der Waals surface area contributed by atoms with Gasteiger partial charge in [0.1, 0.15) is 0 Å². The molecule has 0 amide bonds. The lowest BCUT2D eigenvalue weighted by atomic mass is 9.43. The van der Waals surface area contributed by atoms with Crippen LogP contribution in [0.2, 0.25) is 0 Å². The van der Waals surface area contributed by atoms with E-state index in [0.717, 1.165) is 5.92 Å². The van der Waals surface area contributed by atoms with E-state index in [2.05, 4.69) is 40.0 Å². The van der Waals surface area contributed by atoms with Crippen LogP contribution in [0.3, 0.4) is 0 Å². The summed E-state index contributed by atoms with van der Waals surface area (Å²) < 4.78 is 12.9. The molecular weight excluding hydrogens is 267 g/mol. The lowest BCUT2D eigenvalue weighted by molar-refractivity contribution is -0.199. The Morgan fingerprint density at radius 2 is 2.00 bits per heavy atom. The second-order valence-electron chi connectivity index (χ2n) is 7.69. The van der Waals surface area contributed by atoms with Gasteiger partial charge in [0.25, 0.3) is 0 Å². The Morgan fingerprint density at radius 1 is 1.25 bits per heavy atom. The zero-order chi connectivity index (χ0) is 14.3. The van der Waals surface area contributed by atoms with Gasteiger partial charge in [-0.15, -0.1) is 11.3 Å². The summed E-state index contributed by atoms with van der Waals surface area (Å²) in [5, 5.41) is 2.21. The van der Waals surface area contributed by atoms with Crippen LogP contribution in [0.25, 0.3) is 0 Å². The maximum atomic E-state index is 6.53. The van der Waals surface area contributed by atoms with Gasteiger partial charge in [0, 0.05) is 4.88 Å². The Kier molecular flexibility index (Phi) is 2.61. The second-order valence-corrected chi connectivity index (χ2v) is 8.77. The molecule has 20 heavy (non-hydrogen) atoms. The van der Waals surface area contributed by atoms with Crippen molar-refractivity contribution in [1.29, 1.82) is 0 Å². The van der Waals surface area contributed by atoms with Crippen molar-refractivity contribution in [2.24, 2.45) is 17.3 Å². The van der Waals surface area contributed by atoms with Crippen LogP contribution in [0.15, 0.2) is 5.38 Å². The minimum atomic E-state index is -0.147. The highest BCUT2D eigenvalue weighted by molar-refractivity contribution is 7.11.